The van der Waals surface area contributed by atoms with Crippen LogP contribution in [0.25, 0.3) is 0 Å². The number of rotatable bonds is 10. The van der Waals surface area contributed by atoms with Gasteiger partial charge in [0, 0.05) is 29.7 Å². The number of methoxy groups -OCH3 is 2. The zero-order valence-electron chi connectivity index (χ0n) is 30.2. The van der Waals surface area contributed by atoms with Gasteiger partial charge in [-0.15, -0.1) is 0 Å². The highest BCUT2D eigenvalue weighted by molar-refractivity contribution is 6.23. The summed E-state index contributed by atoms with van der Waals surface area (Å²) in [4.78, 5) is 39.1. The van der Waals surface area contributed by atoms with Gasteiger partial charge in [0.05, 0.1) is 31.9 Å². The van der Waals surface area contributed by atoms with E-state index in [1.165, 1.54) is 89.6 Å². The molecule has 2 saturated carbocycles. The Hall–Kier alpha value is -4.82. The summed E-state index contributed by atoms with van der Waals surface area (Å²) in [6, 6.07) is 31.1. The Bertz CT molecular complexity index is 1720. The highest BCUT2D eigenvalue weighted by Crippen LogP contribution is 2.34. The minimum absolute atomic E-state index is 0.298. The molecule has 9 heteroatoms. The van der Waals surface area contributed by atoms with Gasteiger partial charge in [0.1, 0.15) is 0 Å². The first-order valence-electron chi connectivity index (χ1n) is 18.3. The van der Waals surface area contributed by atoms with E-state index in [1.807, 2.05) is 24.3 Å². The number of halogens is 1. The van der Waals surface area contributed by atoms with Gasteiger partial charge < -0.3 is 14.8 Å². The van der Waals surface area contributed by atoms with Crippen LogP contribution >= 0.6 is 11.8 Å². The number of nitrogens with one attached hydrogen (secondary N) is 2. The molecule has 0 atom stereocenters. The number of anilines is 2. The first-order chi connectivity index (χ1) is 25.4. The molecule has 0 saturated heterocycles. The second-order valence-electron chi connectivity index (χ2n) is 13.6. The van der Waals surface area contributed by atoms with E-state index >= 15 is 0 Å². The molecule has 52 heavy (non-hydrogen) atoms. The summed E-state index contributed by atoms with van der Waals surface area (Å²) >= 11 is 5.60. The number of hydrogen-bond donors (Lipinski definition) is 2. The van der Waals surface area contributed by atoms with Crippen LogP contribution in [0.4, 0.5) is 16.2 Å². The number of benzene rings is 4. The Morgan fingerprint density at radius 2 is 1.06 bits per heavy atom. The van der Waals surface area contributed by atoms with Gasteiger partial charge in [-0.3, -0.25) is 4.90 Å². The van der Waals surface area contributed by atoms with Crippen molar-refractivity contribution in [3.8, 4) is 0 Å². The van der Waals surface area contributed by atoms with E-state index in [0.29, 0.717) is 23.6 Å². The van der Waals surface area contributed by atoms with Crippen molar-refractivity contribution in [1.29, 1.82) is 0 Å². The average molecular weight is 724 g/mol. The molecule has 0 aromatic heterocycles. The van der Waals surface area contributed by atoms with Crippen LogP contribution in [0.5, 0.6) is 0 Å². The van der Waals surface area contributed by atoms with E-state index in [2.05, 4.69) is 46.6 Å². The monoisotopic (exact) mass is 723 g/mol. The summed E-state index contributed by atoms with van der Waals surface area (Å²) in [5, 5.41) is 3.44. The second-order valence-corrected chi connectivity index (χ2v) is 13.8. The van der Waals surface area contributed by atoms with Crippen molar-refractivity contribution < 1.29 is 23.9 Å². The van der Waals surface area contributed by atoms with Crippen molar-refractivity contribution in [2.24, 2.45) is 0 Å². The molecule has 2 aliphatic carbocycles. The lowest BCUT2D eigenvalue weighted by Gasteiger charge is -2.25. The van der Waals surface area contributed by atoms with Crippen LogP contribution in [0.15, 0.2) is 97.1 Å². The summed E-state index contributed by atoms with van der Waals surface area (Å²) in [6.45, 7) is 1.08. The molecule has 0 heterocycles. The third-order valence-corrected chi connectivity index (χ3v) is 10.3. The van der Waals surface area contributed by atoms with Crippen molar-refractivity contribution in [2.45, 2.75) is 89.1 Å². The molecule has 2 fully saturated rings. The minimum atomic E-state index is -0.399. The van der Waals surface area contributed by atoms with E-state index in [9.17, 15) is 14.4 Å². The largest absolute Gasteiger partial charge is 0.465 e. The Balaban J connectivity index is 0.000000203. The molecule has 0 radical (unpaired) electrons. The molecule has 8 nitrogen and oxygen atoms in total. The lowest BCUT2D eigenvalue weighted by Crippen LogP contribution is -2.35. The summed E-state index contributed by atoms with van der Waals surface area (Å²) in [6.07, 6.45) is 13.2. The van der Waals surface area contributed by atoms with Gasteiger partial charge in [0.2, 0.25) is 0 Å². The van der Waals surface area contributed by atoms with E-state index < -0.39 is 6.03 Å². The fourth-order valence-corrected chi connectivity index (χ4v) is 7.23. The fraction of sp³-hybridized carbons (Fsp3) is 0.372. The first kappa shape index (κ1) is 38.4. The molecule has 2 aliphatic rings. The van der Waals surface area contributed by atoms with Crippen molar-refractivity contribution in [1.82, 2.24) is 4.84 Å². The molecule has 0 spiro atoms. The lowest BCUT2D eigenvalue weighted by molar-refractivity contribution is 0.0592. The van der Waals surface area contributed by atoms with Crippen molar-refractivity contribution in [3.05, 3.63) is 130 Å². The predicted molar refractivity (Wildman–Crippen MR) is 208 cm³/mol. The molecule has 6 rings (SSSR count). The van der Waals surface area contributed by atoms with Crippen LogP contribution in [0.1, 0.15) is 119 Å². The zero-order valence-corrected chi connectivity index (χ0v) is 31.0. The highest BCUT2D eigenvalue weighted by Gasteiger charge is 2.19. The average Bonchev–Trinajstić information content (AvgIpc) is 3.22. The number of hydrogen-bond acceptors (Lipinski definition) is 6. The molecule has 0 bridgehead atoms. The van der Waals surface area contributed by atoms with Gasteiger partial charge >= 0.3 is 18.0 Å². The molecule has 4 aromatic carbocycles. The third kappa shape index (κ3) is 10.8. The Morgan fingerprint density at radius 3 is 1.50 bits per heavy atom. The number of esters is 2. The normalized spacial score (nSPS) is 14.7. The van der Waals surface area contributed by atoms with E-state index in [-0.39, 0.29) is 11.9 Å². The fourth-order valence-electron chi connectivity index (χ4n) is 7.13. The van der Waals surface area contributed by atoms with Gasteiger partial charge in [-0.05, 0) is 108 Å². The zero-order chi connectivity index (χ0) is 36.7. The van der Waals surface area contributed by atoms with Crippen LogP contribution in [-0.4, -0.2) is 32.2 Å². The number of nitrogens with zero attached hydrogens (tertiary/aromatic N) is 1. The summed E-state index contributed by atoms with van der Waals surface area (Å²) < 4.78 is 9.42. The molecule has 0 unspecified atom stereocenters. The number of ether oxygens (including phenoxy) is 2. The van der Waals surface area contributed by atoms with Crippen LogP contribution in [0, 0.1) is 0 Å². The maximum Gasteiger partial charge on any atom is 0.337 e. The summed E-state index contributed by atoms with van der Waals surface area (Å²) in [7, 11) is 2.74. The van der Waals surface area contributed by atoms with Gasteiger partial charge in [-0.1, -0.05) is 87.1 Å². The second kappa shape index (κ2) is 19.7. The maximum absolute atomic E-state index is 12.3. The van der Waals surface area contributed by atoms with Gasteiger partial charge in [0.15, 0.2) is 0 Å². The van der Waals surface area contributed by atoms with E-state index in [1.54, 1.807) is 41.3 Å². The Morgan fingerprint density at radius 1 is 0.615 bits per heavy atom. The maximum atomic E-state index is 12.3. The standard InChI is InChI=1S/C22H25ClN2O3.C21H25NO2/c1-28-21(26)19-9-7-16(8-10-19)15-25(22(27)24-23)20-13-11-18(12-14-20)17-5-3-2-4-6-17;1-24-21(23)19-9-7-16(8-10-19)15-22-20-13-11-18(12-14-20)17-5-3-2-4-6-17/h7-14,17H,2-6,15H2,1H3,(H,24,27);7-14,17,22H,2-6,15H2,1H3. The van der Waals surface area contributed by atoms with Crippen LogP contribution in [-0.2, 0) is 22.6 Å². The SMILES string of the molecule is COC(=O)c1ccc(CN(C(=O)NCl)c2ccc(C3CCCCC3)cc2)cc1.COC(=O)c1ccc(CNc2ccc(C3CCCCC3)cc2)cc1. The van der Waals surface area contributed by atoms with Crippen LogP contribution in [0.2, 0.25) is 0 Å². The minimum Gasteiger partial charge on any atom is -0.465 e. The number of urea groups is 1. The van der Waals surface area contributed by atoms with Gasteiger partial charge in [-0.2, -0.15) is 0 Å². The summed E-state index contributed by atoms with van der Waals surface area (Å²) in [5.74, 6) is 0.677. The smallest absolute Gasteiger partial charge is 0.337 e. The van der Waals surface area contributed by atoms with Gasteiger partial charge in [0.25, 0.3) is 0 Å². The van der Waals surface area contributed by atoms with Crippen molar-refractivity contribution >= 4 is 41.1 Å². The molecule has 2 amide bonds. The molecule has 0 aliphatic heterocycles. The molecule has 4 aromatic rings. The van der Waals surface area contributed by atoms with Crippen molar-refractivity contribution in [3.63, 3.8) is 0 Å². The topological polar surface area (TPSA) is 97.0 Å². The molecule has 274 valence electrons. The Labute approximate surface area is 313 Å². The Kier molecular flexibility index (Phi) is 14.5. The first-order valence-corrected chi connectivity index (χ1v) is 18.7. The molecular formula is C43H50ClN3O5. The van der Waals surface area contributed by atoms with Gasteiger partial charge in [-0.25, -0.2) is 19.2 Å². The molecule has 2 N–H and O–H groups in total. The number of carbonyl (C=O) groups excluding carboxylic acids is 3. The van der Waals surface area contributed by atoms with E-state index in [4.69, 9.17) is 21.3 Å². The number of carbonyl (C=O) groups is 3. The van der Waals surface area contributed by atoms with E-state index in [0.717, 1.165) is 35.0 Å². The van der Waals surface area contributed by atoms with Crippen molar-refractivity contribution in [2.75, 3.05) is 24.4 Å². The third-order valence-electron chi connectivity index (χ3n) is 10.2. The van der Waals surface area contributed by atoms with Crippen LogP contribution < -0.4 is 15.1 Å². The summed E-state index contributed by atoms with van der Waals surface area (Å²) in [5.41, 5.74) is 7.78. The number of amides is 2. The highest BCUT2D eigenvalue weighted by atomic mass is 35.5. The quantitative estimate of drug-likeness (QED) is 0.125. The van der Waals surface area contributed by atoms with Crippen LogP contribution in [0.3, 0.4) is 0 Å². The molecular weight excluding hydrogens is 674 g/mol. The predicted octanol–water partition coefficient (Wildman–Crippen LogP) is 10.5. The lowest BCUT2D eigenvalue weighted by atomic mass is 9.84.